The van der Waals surface area contributed by atoms with Gasteiger partial charge in [0.1, 0.15) is 5.82 Å². The van der Waals surface area contributed by atoms with Crippen molar-refractivity contribution in [3.05, 3.63) is 35.6 Å². The standard InChI is InChI=1S/C14H18FNO2S/c15-13-4-2-1-3-12(13)9-19(17,18)16-14-8-10-5-6-11(14)7-10/h1-4,10-11,14,16H,5-9H2/t10-,11+,14-/m0/s1. The number of fused-ring (bicyclic) bond motifs is 2. The molecule has 0 saturated heterocycles. The minimum atomic E-state index is -3.45. The molecule has 1 N–H and O–H groups in total. The first-order valence-corrected chi connectivity index (χ1v) is 8.42. The molecule has 0 radical (unpaired) electrons. The van der Waals surface area contributed by atoms with Crippen LogP contribution in [0.4, 0.5) is 4.39 Å². The van der Waals surface area contributed by atoms with E-state index in [1.54, 1.807) is 12.1 Å². The normalized spacial score (nSPS) is 29.8. The fourth-order valence-corrected chi connectivity index (χ4v) is 4.96. The van der Waals surface area contributed by atoms with E-state index in [0.29, 0.717) is 11.8 Å². The Hall–Kier alpha value is -0.940. The van der Waals surface area contributed by atoms with Crippen LogP contribution >= 0.6 is 0 Å². The molecular formula is C14H18FNO2S. The molecule has 2 aliphatic carbocycles. The Bertz CT molecular complexity index is 573. The van der Waals surface area contributed by atoms with Gasteiger partial charge in [0.2, 0.25) is 10.0 Å². The maximum atomic E-state index is 13.5. The Labute approximate surface area is 113 Å². The lowest BCUT2D eigenvalue weighted by Gasteiger charge is -2.22. The maximum absolute atomic E-state index is 13.5. The van der Waals surface area contributed by atoms with Gasteiger partial charge in [-0.2, -0.15) is 0 Å². The molecule has 5 heteroatoms. The smallest absolute Gasteiger partial charge is 0.212 e. The lowest BCUT2D eigenvalue weighted by Crippen LogP contribution is -2.39. The van der Waals surface area contributed by atoms with E-state index in [-0.39, 0.29) is 17.4 Å². The van der Waals surface area contributed by atoms with E-state index >= 15 is 0 Å². The average Bonchev–Trinajstić information content (AvgIpc) is 2.93. The van der Waals surface area contributed by atoms with Crippen molar-refractivity contribution in [3.8, 4) is 0 Å². The second kappa shape index (κ2) is 4.87. The molecular weight excluding hydrogens is 265 g/mol. The molecule has 104 valence electrons. The van der Waals surface area contributed by atoms with Crippen LogP contribution in [0.1, 0.15) is 31.2 Å². The van der Waals surface area contributed by atoms with Crippen LogP contribution in [-0.2, 0) is 15.8 Å². The summed E-state index contributed by atoms with van der Waals surface area (Å²) < 4.78 is 40.5. The Morgan fingerprint density at radius 1 is 1.21 bits per heavy atom. The summed E-state index contributed by atoms with van der Waals surface area (Å²) in [5.74, 6) is 0.445. The van der Waals surface area contributed by atoms with Gasteiger partial charge in [-0.05, 0) is 37.2 Å². The Balaban J connectivity index is 1.68. The zero-order valence-electron chi connectivity index (χ0n) is 10.7. The highest BCUT2D eigenvalue weighted by Crippen LogP contribution is 2.44. The molecule has 0 amide bonds. The lowest BCUT2D eigenvalue weighted by atomic mass is 9.96. The lowest BCUT2D eigenvalue weighted by molar-refractivity contribution is 0.390. The zero-order valence-corrected chi connectivity index (χ0v) is 11.5. The minimum absolute atomic E-state index is 0.0653. The van der Waals surface area contributed by atoms with E-state index in [9.17, 15) is 12.8 Å². The fraction of sp³-hybridized carbons (Fsp3) is 0.571. The van der Waals surface area contributed by atoms with E-state index < -0.39 is 15.8 Å². The molecule has 0 spiro atoms. The zero-order chi connectivity index (χ0) is 13.5. The molecule has 2 aliphatic rings. The number of sulfonamides is 1. The van der Waals surface area contributed by atoms with Gasteiger partial charge in [-0.1, -0.05) is 24.6 Å². The van der Waals surface area contributed by atoms with Gasteiger partial charge in [-0.3, -0.25) is 0 Å². The Kier molecular flexibility index (Phi) is 3.35. The largest absolute Gasteiger partial charge is 0.216 e. The molecule has 1 aromatic rings. The molecule has 0 heterocycles. The molecule has 0 aromatic heterocycles. The Morgan fingerprint density at radius 3 is 2.63 bits per heavy atom. The highest BCUT2D eigenvalue weighted by molar-refractivity contribution is 7.88. The first kappa shape index (κ1) is 13.1. The van der Waals surface area contributed by atoms with Gasteiger partial charge in [0.15, 0.2) is 0 Å². The highest BCUT2D eigenvalue weighted by atomic mass is 32.2. The second-order valence-electron chi connectivity index (χ2n) is 5.75. The van der Waals surface area contributed by atoms with Gasteiger partial charge in [-0.25, -0.2) is 17.5 Å². The number of hydrogen-bond acceptors (Lipinski definition) is 2. The van der Waals surface area contributed by atoms with Crippen molar-refractivity contribution in [3.63, 3.8) is 0 Å². The fourth-order valence-electron chi connectivity index (χ4n) is 3.48. The van der Waals surface area contributed by atoms with Crippen molar-refractivity contribution in [2.45, 2.75) is 37.5 Å². The minimum Gasteiger partial charge on any atom is -0.212 e. The average molecular weight is 283 g/mol. The summed E-state index contributed by atoms with van der Waals surface area (Å²) in [4.78, 5) is 0. The summed E-state index contributed by atoms with van der Waals surface area (Å²) in [6.45, 7) is 0. The predicted octanol–water partition coefficient (Wildman–Crippen LogP) is 2.43. The number of rotatable bonds is 4. The molecule has 3 rings (SSSR count). The van der Waals surface area contributed by atoms with E-state index in [1.807, 2.05) is 0 Å². The molecule has 1 aromatic carbocycles. The summed E-state index contributed by atoms with van der Waals surface area (Å²) in [5.41, 5.74) is 0.234. The van der Waals surface area contributed by atoms with Crippen molar-refractivity contribution in [2.75, 3.05) is 0 Å². The van der Waals surface area contributed by atoms with Crippen LogP contribution in [-0.4, -0.2) is 14.5 Å². The van der Waals surface area contributed by atoms with Gasteiger partial charge in [0.25, 0.3) is 0 Å². The van der Waals surface area contributed by atoms with Crippen molar-refractivity contribution in [1.29, 1.82) is 0 Å². The number of halogens is 1. The molecule has 3 atom stereocenters. The molecule has 2 fully saturated rings. The van der Waals surface area contributed by atoms with E-state index in [4.69, 9.17) is 0 Å². The summed E-state index contributed by atoms with van der Waals surface area (Å²) in [5, 5.41) is 0. The van der Waals surface area contributed by atoms with Crippen LogP contribution in [0.5, 0.6) is 0 Å². The quantitative estimate of drug-likeness (QED) is 0.922. The molecule has 0 aliphatic heterocycles. The second-order valence-corrected chi connectivity index (χ2v) is 7.50. The molecule has 2 bridgehead atoms. The molecule has 3 nitrogen and oxygen atoms in total. The highest BCUT2D eigenvalue weighted by Gasteiger charge is 2.41. The van der Waals surface area contributed by atoms with Crippen molar-refractivity contribution < 1.29 is 12.8 Å². The van der Waals surface area contributed by atoms with Gasteiger partial charge >= 0.3 is 0 Å². The maximum Gasteiger partial charge on any atom is 0.216 e. The van der Waals surface area contributed by atoms with Crippen LogP contribution in [0.2, 0.25) is 0 Å². The summed E-state index contributed by atoms with van der Waals surface area (Å²) in [7, 11) is -3.45. The van der Waals surface area contributed by atoms with Crippen LogP contribution in [0.3, 0.4) is 0 Å². The SMILES string of the molecule is O=S(=O)(Cc1ccccc1F)N[C@H]1C[C@H]2CC[C@@H]1C2. The van der Waals surface area contributed by atoms with Gasteiger partial charge < -0.3 is 0 Å². The van der Waals surface area contributed by atoms with E-state index in [0.717, 1.165) is 19.3 Å². The molecule has 2 saturated carbocycles. The summed E-state index contributed by atoms with van der Waals surface area (Å²) in [6.07, 6.45) is 4.45. The van der Waals surface area contributed by atoms with Crippen LogP contribution in [0, 0.1) is 17.7 Å². The van der Waals surface area contributed by atoms with E-state index in [1.165, 1.54) is 18.6 Å². The van der Waals surface area contributed by atoms with Crippen molar-refractivity contribution >= 4 is 10.0 Å². The first-order chi connectivity index (χ1) is 9.03. The number of benzene rings is 1. The van der Waals surface area contributed by atoms with Crippen molar-refractivity contribution in [1.82, 2.24) is 4.72 Å². The monoisotopic (exact) mass is 283 g/mol. The number of nitrogens with one attached hydrogen (secondary N) is 1. The van der Waals surface area contributed by atoms with Gasteiger partial charge in [0, 0.05) is 11.6 Å². The van der Waals surface area contributed by atoms with E-state index in [2.05, 4.69) is 4.72 Å². The summed E-state index contributed by atoms with van der Waals surface area (Å²) in [6, 6.07) is 6.11. The first-order valence-electron chi connectivity index (χ1n) is 6.77. The van der Waals surface area contributed by atoms with Crippen LogP contribution in [0.15, 0.2) is 24.3 Å². The third kappa shape index (κ3) is 2.82. The molecule has 19 heavy (non-hydrogen) atoms. The Morgan fingerprint density at radius 2 is 2.00 bits per heavy atom. The van der Waals surface area contributed by atoms with Crippen molar-refractivity contribution in [2.24, 2.45) is 11.8 Å². The van der Waals surface area contributed by atoms with Crippen LogP contribution in [0.25, 0.3) is 0 Å². The van der Waals surface area contributed by atoms with Crippen LogP contribution < -0.4 is 4.72 Å². The third-order valence-electron chi connectivity index (χ3n) is 4.37. The molecule has 0 unspecified atom stereocenters. The topological polar surface area (TPSA) is 46.2 Å². The summed E-state index contributed by atoms with van der Waals surface area (Å²) >= 11 is 0. The van der Waals surface area contributed by atoms with Gasteiger partial charge in [0.05, 0.1) is 5.75 Å². The number of hydrogen-bond donors (Lipinski definition) is 1. The third-order valence-corrected chi connectivity index (χ3v) is 5.73. The van der Waals surface area contributed by atoms with Gasteiger partial charge in [-0.15, -0.1) is 0 Å². The predicted molar refractivity (Wildman–Crippen MR) is 71.4 cm³/mol.